The molecule has 0 atom stereocenters. The Balaban J connectivity index is 2.19. The predicted octanol–water partition coefficient (Wildman–Crippen LogP) is 3.76. The molecule has 1 aliphatic rings. The lowest BCUT2D eigenvalue weighted by Gasteiger charge is -2.29. The van der Waals surface area contributed by atoms with Gasteiger partial charge in [-0.1, -0.05) is 12.1 Å². The number of nitrogens with zero attached hydrogens (tertiary/aromatic N) is 2. The zero-order valence-electron chi connectivity index (χ0n) is 13.3. The largest absolute Gasteiger partial charge is 0.444 e. The number of para-hydroxylation sites is 1. The minimum absolute atomic E-state index is 0.263. The van der Waals surface area contributed by atoms with Crippen LogP contribution in [0.25, 0.3) is 5.57 Å². The second-order valence-corrected chi connectivity index (χ2v) is 6.30. The third-order valence-corrected chi connectivity index (χ3v) is 3.38. The molecule has 0 saturated carbocycles. The average molecular weight is 322 g/mol. The maximum Gasteiger partial charge on any atom is 0.410 e. The summed E-state index contributed by atoms with van der Waals surface area (Å²) >= 11 is 0. The van der Waals surface area contributed by atoms with Crippen molar-refractivity contribution < 1.29 is 18.8 Å². The summed E-state index contributed by atoms with van der Waals surface area (Å²) in [6.07, 6.45) is 1.68. The van der Waals surface area contributed by atoms with Crippen LogP contribution in [0.5, 0.6) is 0 Å². The van der Waals surface area contributed by atoms with Crippen molar-refractivity contribution in [2.45, 2.75) is 32.8 Å². The standard InChI is InChI=1S/C16H19FN2O4/c1-16(2,3)23-15(20)18-9-7-11(8-10-18)12-5-4-6-13(17)14(12)19(21)22/h4-7H,8-10H2,1-3H3. The number of carbonyl (C=O) groups excluding carboxylic acids is 1. The van der Waals surface area contributed by atoms with Gasteiger partial charge in [0, 0.05) is 13.1 Å². The first kappa shape index (κ1) is 16.9. The maximum atomic E-state index is 13.7. The third kappa shape index (κ3) is 4.06. The number of amides is 1. The molecule has 0 aliphatic carbocycles. The van der Waals surface area contributed by atoms with E-state index in [2.05, 4.69) is 0 Å². The van der Waals surface area contributed by atoms with Gasteiger partial charge in [0.2, 0.25) is 5.82 Å². The van der Waals surface area contributed by atoms with Gasteiger partial charge in [0.1, 0.15) is 5.60 Å². The van der Waals surface area contributed by atoms with E-state index in [4.69, 9.17) is 4.74 Å². The molecule has 0 aromatic heterocycles. The molecule has 7 heteroatoms. The van der Waals surface area contributed by atoms with Gasteiger partial charge in [-0.05, 0) is 44.9 Å². The van der Waals surface area contributed by atoms with Gasteiger partial charge in [-0.25, -0.2) is 4.79 Å². The quantitative estimate of drug-likeness (QED) is 0.614. The number of nitro benzene ring substituents is 1. The molecule has 0 spiro atoms. The Morgan fingerprint density at radius 2 is 2.09 bits per heavy atom. The number of carbonyl (C=O) groups is 1. The van der Waals surface area contributed by atoms with Crippen molar-refractivity contribution in [3.63, 3.8) is 0 Å². The Hall–Kier alpha value is -2.44. The van der Waals surface area contributed by atoms with E-state index < -0.39 is 28.1 Å². The summed E-state index contributed by atoms with van der Waals surface area (Å²) in [7, 11) is 0. The number of benzene rings is 1. The van der Waals surface area contributed by atoms with Crippen molar-refractivity contribution in [3.8, 4) is 0 Å². The van der Waals surface area contributed by atoms with Crippen LogP contribution in [0.15, 0.2) is 24.3 Å². The maximum absolute atomic E-state index is 13.7. The second-order valence-electron chi connectivity index (χ2n) is 6.30. The summed E-state index contributed by atoms with van der Waals surface area (Å²) in [6.45, 7) is 6.00. The lowest BCUT2D eigenvalue weighted by molar-refractivity contribution is -0.387. The Morgan fingerprint density at radius 1 is 1.39 bits per heavy atom. The SMILES string of the molecule is CC(C)(C)OC(=O)N1CC=C(c2cccc(F)c2[N+](=O)[O-])CC1. The summed E-state index contributed by atoms with van der Waals surface area (Å²) in [5, 5.41) is 11.1. The lowest BCUT2D eigenvalue weighted by atomic mass is 9.98. The van der Waals surface area contributed by atoms with Crippen molar-refractivity contribution in [1.82, 2.24) is 4.90 Å². The first-order valence-electron chi connectivity index (χ1n) is 7.29. The molecule has 2 rings (SSSR count). The van der Waals surface area contributed by atoms with Gasteiger partial charge in [0.05, 0.1) is 10.5 Å². The summed E-state index contributed by atoms with van der Waals surface area (Å²) in [6, 6.07) is 4.03. The molecular weight excluding hydrogens is 303 g/mol. The zero-order valence-corrected chi connectivity index (χ0v) is 13.3. The zero-order chi connectivity index (χ0) is 17.2. The van der Waals surface area contributed by atoms with E-state index in [1.54, 1.807) is 26.8 Å². The molecular formula is C16H19FN2O4. The Kier molecular flexibility index (Phi) is 4.68. The highest BCUT2D eigenvalue weighted by Crippen LogP contribution is 2.32. The summed E-state index contributed by atoms with van der Waals surface area (Å²) in [5.74, 6) is -0.858. The molecule has 124 valence electrons. The number of rotatable bonds is 2. The normalized spacial score (nSPS) is 15.1. The molecule has 1 amide bonds. The van der Waals surface area contributed by atoms with Crippen molar-refractivity contribution in [2.24, 2.45) is 0 Å². The number of nitro groups is 1. The van der Waals surface area contributed by atoms with Crippen LogP contribution in [0, 0.1) is 15.9 Å². The molecule has 1 aromatic rings. The van der Waals surface area contributed by atoms with Gasteiger partial charge < -0.3 is 9.64 Å². The number of ether oxygens (including phenoxy) is 1. The highest BCUT2D eigenvalue weighted by atomic mass is 19.1. The molecule has 0 bridgehead atoms. The van der Waals surface area contributed by atoms with Crippen LogP contribution >= 0.6 is 0 Å². The van der Waals surface area contributed by atoms with Crippen LogP contribution in [0.1, 0.15) is 32.8 Å². The van der Waals surface area contributed by atoms with E-state index in [1.165, 1.54) is 17.0 Å². The Labute approximate surface area is 133 Å². The molecule has 0 saturated heterocycles. The van der Waals surface area contributed by atoms with Crippen molar-refractivity contribution in [3.05, 3.63) is 45.8 Å². The molecule has 0 unspecified atom stereocenters. The van der Waals surface area contributed by atoms with Gasteiger partial charge >= 0.3 is 11.8 Å². The van der Waals surface area contributed by atoms with Crippen molar-refractivity contribution >= 4 is 17.4 Å². The fourth-order valence-corrected chi connectivity index (χ4v) is 2.37. The van der Waals surface area contributed by atoms with Crippen molar-refractivity contribution in [1.29, 1.82) is 0 Å². The molecule has 0 radical (unpaired) electrons. The van der Waals surface area contributed by atoms with E-state index in [9.17, 15) is 19.3 Å². The first-order valence-corrected chi connectivity index (χ1v) is 7.29. The van der Waals surface area contributed by atoms with Crippen LogP contribution in [-0.4, -0.2) is 34.6 Å². The molecule has 0 fully saturated rings. The minimum atomic E-state index is -0.858. The fourth-order valence-electron chi connectivity index (χ4n) is 2.37. The van der Waals surface area contributed by atoms with Crippen LogP contribution < -0.4 is 0 Å². The van der Waals surface area contributed by atoms with Gasteiger partial charge in [0.25, 0.3) is 0 Å². The van der Waals surface area contributed by atoms with Crippen LogP contribution in [0.3, 0.4) is 0 Å². The molecule has 23 heavy (non-hydrogen) atoms. The van der Waals surface area contributed by atoms with Crippen molar-refractivity contribution in [2.75, 3.05) is 13.1 Å². The van der Waals surface area contributed by atoms with Gasteiger partial charge in [0.15, 0.2) is 0 Å². The summed E-state index contributed by atoms with van der Waals surface area (Å²) in [4.78, 5) is 23.9. The van der Waals surface area contributed by atoms with Gasteiger partial charge in [-0.2, -0.15) is 4.39 Å². The smallest absolute Gasteiger partial charge is 0.410 e. The lowest BCUT2D eigenvalue weighted by Crippen LogP contribution is -2.39. The number of hydrogen-bond donors (Lipinski definition) is 0. The van der Waals surface area contributed by atoms with E-state index in [0.29, 0.717) is 18.5 Å². The first-order chi connectivity index (χ1) is 10.7. The van der Waals surface area contributed by atoms with E-state index in [1.807, 2.05) is 0 Å². The Morgan fingerprint density at radius 3 is 2.61 bits per heavy atom. The molecule has 1 aliphatic heterocycles. The van der Waals surface area contributed by atoms with E-state index in [-0.39, 0.29) is 12.1 Å². The molecule has 0 N–H and O–H groups in total. The van der Waals surface area contributed by atoms with Crippen LogP contribution in [-0.2, 0) is 4.74 Å². The van der Waals surface area contributed by atoms with Gasteiger partial charge in [-0.15, -0.1) is 0 Å². The summed E-state index contributed by atoms with van der Waals surface area (Å²) in [5.41, 5.74) is -0.179. The average Bonchev–Trinajstić information content (AvgIpc) is 2.45. The molecule has 1 aromatic carbocycles. The van der Waals surface area contributed by atoms with Crippen LogP contribution in [0.4, 0.5) is 14.9 Å². The highest BCUT2D eigenvalue weighted by Gasteiger charge is 2.27. The molecule has 1 heterocycles. The number of halogens is 1. The van der Waals surface area contributed by atoms with Gasteiger partial charge in [-0.3, -0.25) is 10.1 Å². The van der Waals surface area contributed by atoms with Crippen LogP contribution in [0.2, 0.25) is 0 Å². The highest BCUT2D eigenvalue weighted by molar-refractivity contribution is 5.76. The summed E-state index contributed by atoms with van der Waals surface area (Å²) < 4.78 is 19.0. The predicted molar refractivity (Wildman–Crippen MR) is 83.5 cm³/mol. The number of hydrogen-bond acceptors (Lipinski definition) is 4. The van der Waals surface area contributed by atoms with E-state index >= 15 is 0 Å². The topological polar surface area (TPSA) is 72.7 Å². The fraction of sp³-hybridized carbons (Fsp3) is 0.438. The third-order valence-electron chi connectivity index (χ3n) is 3.38. The monoisotopic (exact) mass is 322 g/mol. The second kappa shape index (κ2) is 6.36. The Bertz CT molecular complexity index is 665. The van der Waals surface area contributed by atoms with E-state index in [0.717, 1.165) is 6.07 Å². The molecule has 6 nitrogen and oxygen atoms in total. The minimum Gasteiger partial charge on any atom is -0.444 e.